The van der Waals surface area contributed by atoms with Crippen LogP contribution in [0.3, 0.4) is 0 Å². The summed E-state index contributed by atoms with van der Waals surface area (Å²) in [4.78, 5) is 34.8. The lowest BCUT2D eigenvalue weighted by Crippen LogP contribution is -2.16. The molecule has 5 rings (SSSR count). The number of thiophene rings is 1. The first-order chi connectivity index (χ1) is 14.6. The summed E-state index contributed by atoms with van der Waals surface area (Å²) in [5.41, 5.74) is 1.87. The summed E-state index contributed by atoms with van der Waals surface area (Å²) >= 11 is 2.88. The first kappa shape index (κ1) is 19.3. The number of anilines is 1. The second-order valence-corrected chi connectivity index (χ2v) is 9.81. The molecule has 0 bridgehead atoms. The lowest BCUT2D eigenvalue weighted by atomic mass is 9.89. The molecule has 0 spiro atoms. The van der Waals surface area contributed by atoms with Crippen LogP contribution >= 0.6 is 23.1 Å². The molecule has 0 saturated heterocycles. The van der Waals surface area contributed by atoms with E-state index in [1.807, 2.05) is 42.5 Å². The van der Waals surface area contributed by atoms with Crippen molar-refractivity contribution < 1.29 is 4.79 Å². The molecule has 0 radical (unpaired) electrons. The second-order valence-electron chi connectivity index (χ2n) is 7.77. The van der Waals surface area contributed by atoms with Crippen molar-refractivity contribution in [3.8, 4) is 0 Å². The Labute approximate surface area is 181 Å². The molecule has 0 fully saturated rings. The van der Waals surface area contributed by atoms with Gasteiger partial charge in [-0.3, -0.25) is 9.59 Å². The zero-order chi connectivity index (χ0) is 20.7. The number of benzene rings is 2. The highest BCUT2D eigenvalue weighted by Gasteiger charge is 2.23. The summed E-state index contributed by atoms with van der Waals surface area (Å²) < 4.78 is 0. The molecule has 2 aromatic carbocycles. The predicted molar refractivity (Wildman–Crippen MR) is 125 cm³/mol. The Hall–Kier alpha value is -2.64. The Morgan fingerprint density at radius 3 is 3.00 bits per heavy atom. The molecule has 2 N–H and O–H groups in total. The highest BCUT2D eigenvalue weighted by Crippen LogP contribution is 2.36. The number of nitrogens with one attached hydrogen (secondary N) is 2. The first-order valence-electron chi connectivity index (χ1n) is 10.0. The molecule has 7 heteroatoms. The van der Waals surface area contributed by atoms with E-state index in [0.717, 1.165) is 45.9 Å². The van der Waals surface area contributed by atoms with Crippen molar-refractivity contribution in [1.29, 1.82) is 0 Å². The third-order valence-corrected chi connectivity index (χ3v) is 7.57. The largest absolute Gasteiger partial charge is 0.325 e. The minimum atomic E-state index is -0.126. The van der Waals surface area contributed by atoms with E-state index in [4.69, 9.17) is 0 Å². The maximum atomic E-state index is 12.7. The number of amides is 1. The maximum Gasteiger partial charge on any atom is 0.260 e. The minimum Gasteiger partial charge on any atom is -0.325 e. The predicted octanol–water partition coefficient (Wildman–Crippen LogP) is 4.99. The van der Waals surface area contributed by atoms with Gasteiger partial charge in [-0.15, -0.1) is 11.3 Å². The molecule has 2 heterocycles. The lowest BCUT2D eigenvalue weighted by molar-refractivity contribution is -0.113. The number of carbonyl (C=O) groups is 1. The number of H-pyrrole nitrogens is 1. The zero-order valence-corrected chi connectivity index (χ0v) is 18.2. The van der Waals surface area contributed by atoms with Crippen LogP contribution in [0.1, 0.15) is 23.8 Å². The molecule has 2 aromatic heterocycles. The van der Waals surface area contributed by atoms with Crippen LogP contribution in [0.25, 0.3) is 21.0 Å². The molecule has 4 aromatic rings. The molecule has 0 saturated carbocycles. The normalized spacial score (nSPS) is 16.0. The molecule has 152 valence electrons. The van der Waals surface area contributed by atoms with Gasteiger partial charge in [-0.05, 0) is 42.2 Å². The van der Waals surface area contributed by atoms with Crippen molar-refractivity contribution in [1.82, 2.24) is 9.97 Å². The van der Waals surface area contributed by atoms with E-state index in [0.29, 0.717) is 11.1 Å². The van der Waals surface area contributed by atoms with Crippen molar-refractivity contribution >= 4 is 55.7 Å². The molecule has 1 unspecified atom stereocenters. The second kappa shape index (κ2) is 7.89. The number of carbonyl (C=O) groups excluding carboxylic acids is 1. The van der Waals surface area contributed by atoms with Crippen LogP contribution in [-0.4, -0.2) is 21.6 Å². The van der Waals surface area contributed by atoms with E-state index in [1.165, 1.54) is 22.2 Å². The van der Waals surface area contributed by atoms with Gasteiger partial charge in [0.15, 0.2) is 5.16 Å². The van der Waals surface area contributed by atoms with Crippen LogP contribution in [0.15, 0.2) is 52.4 Å². The van der Waals surface area contributed by atoms with Gasteiger partial charge in [-0.2, -0.15) is 0 Å². The molecular weight excluding hydrogens is 414 g/mol. The van der Waals surface area contributed by atoms with Crippen LogP contribution in [0.4, 0.5) is 5.69 Å². The Morgan fingerprint density at radius 1 is 1.27 bits per heavy atom. The van der Waals surface area contributed by atoms with Gasteiger partial charge < -0.3 is 10.3 Å². The molecule has 30 heavy (non-hydrogen) atoms. The van der Waals surface area contributed by atoms with E-state index in [9.17, 15) is 9.59 Å². The number of aromatic amines is 1. The number of rotatable bonds is 4. The minimum absolute atomic E-state index is 0.0935. The third-order valence-electron chi connectivity index (χ3n) is 5.55. The van der Waals surface area contributed by atoms with Crippen LogP contribution in [0.5, 0.6) is 0 Å². The van der Waals surface area contributed by atoms with E-state index < -0.39 is 0 Å². The van der Waals surface area contributed by atoms with Gasteiger partial charge in [0.05, 0.1) is 11.1 Å². The van der Waals surface area contributed by atoms with Crippen LogP contribution in [0, 0.1) is 5.92 Å². The number of hydrogen-bond donors (Lipinski definition) is 2. The summed E-state index contributed by atoms with van der Waals surface area (Å²) in [5, 5.41) is 6.29. The first-order valence-corrected chi connectivity index (χ1v) is 11.8. The van der Waals surface area contributed by atoms with Crippen LogP contribution in [0.2, 0.25) is 0 Å². The standard InChI is InChI=1S/C23H21N3O2S2/c1-13-9-10-16-18(11-13)30-22-20(16)21(28)25-23(26-22)29-12-19(27)24-17-8-4-6-14-5-2-3-7-15(14)17/h2-8,13H,9-12H2,1H3,(H,24,27)(H,25,26,28). The Kier molecular flexibility index (Phi) is 5.08. The van der Waals surface area contributed by atoms with E-state index in [2.05, 4.69) is 22.2 Å². The van der Waals surface area contributed by atoms with Crippen molar-refractivity contribution in [2.24, 2.45) is 5.92 Å². The number of aryl methyl sites for hydroxylation is 1. The smallest absolute Gasteiger partial charge is 0.260 e. The summed E-state index contributed by atoms with van der Waals surface area (Å²) in [6.45, 7) is 2.25. The summed E-state index contributed by atoms with van der Waals surface area (Å²) in [5.74, 6) is 0.703. The lowest BCUT2D eigenvalue weighted by Gasteiger charge is -2.17. The molecule has 1 aliphatic rings. The summed E-state index contributed by atoms with van der Waals surface area (Å²) in [6, 6.07) is 13.8. The molecule has 1 amide bonds. The highest BCUT2D eigenvalue weighted by atomic mass is 32.2. The van der Waals surface area contributed by atoms with Crippen LogP contribution in [-0.2, 0) is 17.6 Å². The van der Waals surface area contributed by atoms with Gasteiger partial charge in [0.1, 0.15) is 4.83 Å². The van der Waals surface area contributed by atoms with Gasteiger partial charge in [-0.1, -0.05) is 55.1 Å². The fraction of sp³-hybridized carbons (Fsp3) is 0.261. The Bertz CT molecular complexity index is 1320. The Morgan fingerprint density at radius 2 is 2.10 bits per heavy atom. The van der Waals surface area contributed by atoms with Crippen molar-refractivity contribution in [3.05, 3.63) is 63.3 Å². The van der Waals surface area contributed by atoms with Gasteiger partial charge in [0.25, 0.3) is 5.56 Å². The third kappa shape index (κ3) is 3.63. The highest BCUT2D eigenvalue weighted by molar-refractivity contribution is 7.99. The molecule has 0 aliphatic heterocycles. The van der Waals surface area contributed by atoms with Gasteiger partial charge in [0.2, 0.25) is 5.91 Å². The van der Waals surface area contributed by atoms with Crippen molar-refractivity contribution in [3.63, 3.8) is 0 Å². The molecule has 1 atom stereocenters. The van der Waals surface area contributed by atoms with Gasteiger partial charge in [0, 0.05) is 16.0 Å². The average Bonchev–Trinajstić information content (AvgIpc) is 3.10. The zero-order valence-electron chi connectivity index (χ0n) is 16.5. The maximum absolute atomic E-state index is 12.7. The Balaban J connectivity index is 1.33. The molecule has 5 nitrogen and oxygen atoms in total. The number of thioether (sulfide) groups is 1. The number of fused-ring (bicyclic) bond motifs is 4. The van der Waals surface area contributed by atoms with Crippen LogP contribution < -0.4 is 10.9 Å². The van der Waals surface area contributed by atoms with E-state index in [-0.39, 0.29) is 17.2 Å². The van der Waals surface area contributed by atoms with E-state index in [1.54, 1.807) is 11.3 Å². The number of aromatic nitrogens is 2. The fourth-order valence-corrected chi connectivity index (χ4v) is 6.15. The molecular formula is C23H21N3O2S2. The van der Waals surface area contributed by atoms with Gasteiger partial charge >= 0.3 is 0 Å². The number of nitrogens with zero attached hydrogens (tertiary/aromatic N) is 1. The van der Waals surface area contributed by atoms with Crippen molar-refractivity contribution in [2.45, 2.75) is 31.3 Å². The van der Waals surface area contributed by atoms with E-state index >= 15 is 0 Å². The summed E-state index contributed by atoms with van der Waals surface area (Å²) in [7, 11) is 0. The molecule has 1 aliphatic carbocycles. The monoisotopic (exact) mass is 435 g/mol. The summed E-state index contributed by atoms with van der Waals surface area (Å²) in [6.07, 6.45) is 3.08. The topological polar surface area (TPSA) is 74.8 Å². The number of hydrogen-bond acceptors (Lipinski definition) is 5. The quantitative estimate of drug-likeness (QED) is 0.350. The average molecular weight is 436 g/mol. The fourth-order valence-electron chi connectivity index (χ4n) is 4.05. The van der Waals surface area contributed by atoms with Gasteiger partial charge in [-0.25, -0.2) is 4.98 Å². The SMILES string of the molecule is CC1CCc2c(sc3nc(SCC(=O)Nc4cccc5ccccc45)[nH]c(=O)c23)C1. The van der Waals surface area contributed by atoms with Crippen molar-refractivity contribution in [2.75, 3.05) is 11.1 Å².